The molecule has 3 aromatic carbocycles. The molecule has 0 aliphatic heterocycles. The van der Waals surface area contributed by atoms with E-state index in [-0.39, 0.29) is 22.2 Å². The Morgan fingerprint density at radius 2 is 1.62 bits per heavy atom. The topological polar surface area (TPSA) is 123 Å². The van der Waals surface area contributed by atoms with E-state index in [9.17, 15) is 18.0 Å². The van der Waals surface area contributed by atoms with Crippen molar-refractivity contribution in [2.24, 2.45) is 0 Å². The molecule has 5 aromatic rings. The summed E-state index contributed by atoms with van der Waals surface area (Å²) >= 11 is 1.20. The lowest BCUT2D eigenvalue weighted by molar-refractivity contribution is -0.115. The summed E-state index contributed by atoms with van der Waals surface area (Å²) in [6.45, 7) is 1.88. The molecule has 202 valence electrons. The number of nitrogens with one attached hydrogen (secondary N) is 2. The van der Waals surface area contributed by atoms with E-state index in [2.05, 4.69) is 15.0 Å². The second-order valence-electron chi connectivity index (χ2n) is 8.74. The van der Waals surface area contributed by atoms with Crippen molar-refractivity contribution < 1.29 is 13.2 Å². The fourth-order valence-electron chi connectivity index (χ4n) is 4.01. The molecule has 40 heavy (non-hydrogen) atoms. The van der Waals surface area contributed by atoms with Gasteiger partial charge in [0.25, 0.3) is 15.6 Å². The molecule has 1 unspecified atom stereocenters. The number of rotatable bonds is 9. The van der Waals surface area contributed by atoms with Crippen LogP contribution in [0.25, 0.3) is 16.6 Å². The number of pyridine rings is 1. The fourth-order valence-corrected chi connectivity index (χ4v) is 6.05. The maximum Gasteiger partial charge on any atom is 0.266 e. The SMILES string of the molecule is CCC(Sc1nc2ccccc2c(=O)n1-c1ccccc1)C(=O)Nc1ccc(S(=O)(=O)Nc2ccccn2)cc1. The van der Waals surface area contributed by atoms with E-state index in [0.717, 1.165) is 0 Å². The maximum atomic E-state index is 13.5. The highest BCUT2D eigenvalue weighted by Gasteiger charge is 2.23. The van der Waals surface area contributed by atoms with E-state index in [1.54, 1.807) is 36.4 Å². The Bertz CT molecular complexity index is 1810. The first kappa shape index (κ1) is 27.1. The summed E-state index contributed by atoms with van der Waals surface area (Å²) < 4.78 is 29.3. The van der Waals surface area contributed by atoms with E-state index < -0.39 is 15.3 Å². The third-order valence-electron chi connectivity index (χ3n) is 6.01. The van der Waals surface area contributed by atoms with Crippen LogP contribution in [0.4, 0.5) is 11.5 Å². The molecule has 0 radical (unpaired) electrons. The first-order valence-electron chi connectivity index (χ1n) is 12.4. The van der Waals surface area contributed by atoms with Gasteiger partial charge in [-0.05, 0) is 67.1 Å². The first-order valence-corrected chi connectivity index (χ1v) is 14.8. The van der Waals surface area contributed by atoms with Crippen molar-refractivity contribution in [3.8, 4) is 5.69 Å². The van der Waals surface area contributed by atoms with Crippen LogP contribution >= 0.6 is 11.8 Å². The van der Waals surface area contributed by atoms with E-state index >= 15 is 0 Å². The smallest absolute Gasteiger partial charge is 0.266 e. The molecule has 0 aliphatic rings. The Hall–Kier alpha value is -4.48. The molecule has 0 bridgehead atoms. The number of anilines is 2. The van der Waals surface area contributed by atoms with E-state index in [4.69, 9.17) is 4.98 Å². The van der Waals surface area contributed by atoms with Crippen LogP contribution in [0, 0.1) is 0 Å². The summed E-state index contributed by atoms with van der Waals surface area (Å²) in [4.78, 5) is 35.5. The summed E-state index contributed by atoms with van der Waals surface area (Å²) in [5.41, 5.74) is 1.42. The van der Waals surface area contributed by atoms with Crippen LogP contribution in [0.2, 0.25) is 0 Å². The quantitative estimate of drug-likeness (QED) is 0.187. The van der Waals surface area contributed by atoms with Crippen molar-refractivity contribution >= 4 is 50.1 Å². The zero-order valence-corrected chi connectivity index (χ0v) is 23.0. The third-order valence-corrected chi connectivity index (χ3v) is 8.69. The number of benzene rings is 3. The minimum atomic E-state index is -3.84. The largest absolute Gasteiger partial charge is 0.325 e. The number of aromatic nitrogens is 3. The number of amides is 1. The van der Waals surface area contributed by atoms with Gasteiger partial charge in [-0.1, -0.05) is 55.1 Å². The average Bonchev–Trinajstić information content (AvgIpc) is 2.97. The van der Waals surface area contributed by atoms with Crippen molar-refractivity contribution in [1.82, 2.24) is 14.5 Å². The summed E-state index contributed by atoms with van der Waals surface area (Å²) in [5, 5.41) is 3.17. The fraction of sp³-hybridized carbons (Fsp3) is 0.103. The number of para-hydroxylation sites is 2. The van der Waals surface area contributed by atoms with Gasteiger partial charge in [-0.3, -0.25) is 18.9 Å². The maximum absolute atomic E-state index is 13.5. The number of carbonyl (C=O) groups is 1. The van der Waals surface area contributed by atoms with Crippen molar-refractivity contribution in [3.05, 3.63) is 114 Å². The van der Waals surface area contributed by atoms with Gasteiger partial charge in [-0.15, -0.1) is 0 Å². The van der Waals surface area contributed by atoms with Crippen LogP contribution in [-0.2, 0) is 14.8 Å². The molecule has 0 spiro atoms. The van der Waals surface area contributed by atoms with Gasteiger partial charge in [0.1, 0.15) is 5.82 Å². The van der Waals surface area contributed by atoms with Crippen LogP contribution in [-0.4, -0.2) is 34.1 Å². The highest BCUT2D eigenvalue weighted by molar-refractivity contribution is 8.00. The molecule has 0 fully saturated rings. The van der Waals surface area contributed by atoms with Crippen molar-refractivity contribution in [1.29, 1.82) is 0 Å². The number of sulfonamides is 1. The molecule has 1 atom stereocenters. The molecule has 1 amide bonds. The minimum Gasteiger partial charge on any atom is -0.325 e. The van der Waals surface area contributed by atoms with Gasteiger partial charge in [0, 0.05) is 11.9 Å². The van der Waals surface area contributed by atoms with Gasteiger partial charge in [-0.25, -0.2) is 18.4 Å². The predicted molar refractivity (Wildman–Crippen MR) is 157 cm³/mol. The molecular weight excluding hydrogens is 546 g/mol. The predicted octanol–water partition coefficient (Wildman–Crippen LogP) is 5.09. The van der Waals surface area contributed by atoms with Crippen molar-refractivity contribution in [2.45, 2.75) is 28.6 Å². The average molecular weight is 572 g/mol. The number of hydrogen-bond donors (Lipinski definition) is 2. The number of nitrogens with zero attached hydrogens (tertiary/aromatic N) is 3. The zero-order chi connectivity index (χ0) is 28.1. The number of fused-ring (bicyclic) bond motifs is 1. The number of thioether (sulfide) groups is 1. The summed E-state index contributed by atoms with van der Waals surface area (Å²) in [6.07, 6.45) is 1.96. The lowest BCUT2D eigenvalue weighted by Gasteiger charge is -2.18. The molecule has 2 aromatic heterocycles. The number of carbonyl (C=O) groups excluding carboxylic acids is 1. The summed E-state index contributed by atoms with van der Waals surface area (Å²) in [7, 11) is -3.84. The number of hydrogen-bond acceptors (Lipinski definition) is 7. The highest BCUT2D eigenvalue weighted by atomic mass is 32.2. The molecule has 0 saturated heterocycles. The van der Waals surface area contributed by atoms with Crippen LogP contribution in [0.3, 0.4) is 0 Å². The first-order chi connectivity index (χ1) is 19.4. The highest BCUT2D eigenvalue weighted by Crippen LogP contribution is 2.28. The van der Waals surface area contributed by atoms with Crippen LogP contribution in [0.15, 0.2) is 118 Å². The molecule has 0 saturated carbocycles. The Kier molecular flexibility index (Phi) is 7.94. The minimum absolute atomic E-state index is 0.0322. The normalized spacial score (nSPS) is 12.1. The van der Waals surface area contributed by atoms with E-state index in [1.807, 2.05) is 43.3 Å². The molecule has 2 heterocycles. The molecule has 0 aliphatic carbocycles. The van der Waals surface area contributed by atoms with Gasteiger partial charge in [0.15, 0.2) is 5.16 Å². The third kappa shape index (κ3) is 5.90. The second kappa shape index (κ2) is 11.7. The zero-order valence-electron chi connectivity index (χ0n) is 21.4. The molecule has 5 rings (SSSR count). The van der Waals surface area contributed by atoms with Crippen molar-refractivity contribution in [2.75, 3.05) is 10.0 Å². The van der Waals surface area contributed by atoms with E-state index in [0.29, 0.717) is 33.9 Å². The Labute approximate surface area is 235 Å². The van der Waals surface area contributed by atoms with Crippen molar-refractivity contribution in [3.63, 3.8) is 0 Å². The van der Waals surface area contributed by atoms with Gasteiger partial charge in [-0.2, -0.15) is 0 Å². The van der Waals surface area contributed by atoms with Gasteiger partial charge in [0.05, 0.1) is 26.7 Å². The Morgan fingerprint density at radius 1 is 0.925 bits per heavy atom. The van der Waals surface area contributed by atoms with Crippen LogP contribution < -0.4 is 15.6 Å². The Morgan fingerprint density at radius 3 is 2.33 bits per heavy atom. The van der Waals surface area contributed by atoms with Gasteiger partial charge >= 0.3 is 0 Å². The second-order valence-corrected chi connectivity index (χ2v) is 11.6. The van der Waals surface area contributed by atoms with Gasteiger partial charge in [0.2, 0.25) is 5.91 Å². The van der Waals surface area contributed by atoms with Gasteiger partial charge < -0.3 is 5.32 Å². The summed E-state index contributed by atoms with van der Waals surface area (Å²) in [5.74, 6) is -0.0873. The molecule has 2 N–H and O–H groups in total. The van der Waals surface area contributed by atoms with Crippen LogP contribution in [0.1, 0.15) is 13.3 Å². The molecule has 11 heteroatoms. The summed E-state index contributed by atoms with van der Waals surface area (Å²) in [6, 6.07) is 27.1. The standard InChI is InChI=1S/C29H25N5O4S2/c1-2-25(27(35)31-20-15-17-22(18-16-20)40(37,38)33-26-14-8-9-19-30-26)39-29-32-24-13-7-6-12-23(24)28(36)34(29)21-10-4-3-5-11-21/h3-19,25H,2H2,1H3,(H,30,33)(H,31,35). The molecule has 9 nitrogen and oxygen atoms in total. The lowest BCUT2D eigenvalue weighted by Crippen LogP contribution is -2.27. The molecular formula is C29H25N5O4S2. The van der Waals surface area contributed by atoms with Crippen LogP contribution in [0.5, 0.6) is 0 Å². The monoisotopic (exact) mass is 571 g/mol. The Balaban J connectivity index is 1.37. The lowest BCUT2D eigenvalue weighted by atomic mass is 10.2. The van der Waals surface area contributed by atoms with E-state index in [1.165, 1.54) is 46.8 Å².